The minimum Gasteiger partial charge on any atom is -0.348 e. The quantitative estimate of drug-likeness (QED) is 0.854. The maximum Gasteiger partial charge on any atom is 0.254 e. The van der Waals surface area contributed by atoms with Gasteiger partial charge in [-0.2, -0.15) is 0 Å². The lowest BCUT2D eigenvalue weighted by Gasteiger charge is -2.11. The summed E-state index contributed by atoms with van der Waals surface area (Å²) < 4.78 is 25.9. The van der Waals surface area contributed by atoms with Crippen LogP contribution in [0.3, 0.4) is 0 Å². The van der Waals surface area contributed by atoms with Crippen LogP contribution in [0.15, 0.2) is 18.2 Å². The normalized spacial score (nSPS) is 11.5. The molecule has 0 fully saturated rings. The van der Waals surface area contributed by atoms with Crippen molar-refractivity contribution in [2.24, 2.45) is 5.73 Å². The zero-order chi connectivity index (χ0) is 11.4. The van der Waals surface area contributed by atoms with Crippen LogP contribution in [0.2, 0.25) is 0 Å². The number of amides is 1. The molecule has 0 saturated heterocycles. The maximum absolute atomic E-state index is 13.1. The average Bonchev–Trinajstić information content (AvgIpc) is 2.21. The molecule has 0 unspecified atom stereocenters. The van der Waals surface area contributed by atoms with Gasteiger partial charge in [0.1, 0.15) is 0 Å². The molecule has 0 aromatic heterocycles. The molecule has 3 nitrogen and oxygen atoms in total. The third kappa shape index (κ3) is 3.43. The predicted molar refractivity (Wildman–Crippen MR) is 59.6 cm³/mol. The number of nitrogens with one attached hydrogen (secondary N) is 1. The van der Waals surface area contributed by atoms with E-state index < -0.39 is 17.5 Å². The van der Waals surface area contributed by atoms with Crippen LogP contribution in [-0.4, -0.2) is 18.5 Å². The van der Waals surface area contributed by atoms with Crippen molar-refractivity contribution in [2.75, 3.05) is 6.54 Å². The van der Waals surface area contributed by atoms with Gasteiger partial charge in [0.15, 0.2) is 11.6 Å². The first-order valence-electron chi connectivity index (χ1n) is 4.51. The first-order valence-corrected chi connectivity index (χ1v) is 4.51. The van der Waals surface area contributed by atoms with Gasteiger partial charge in [0, 0.05) is 12.6 Å². The van der Waals surface area contributed by atoms with E-state index in [0.29, 0.717) is 0 Å². The fourth-order valence-electron chi connectivity index (χ4n) is 1.04. The molecule has 0 aliphatic carbocycles. The molecule has 0 bridgehead atoms. The molecule has 16 heavy (non-hydrogen) atoms. The molecule has 1 atom stereocenters. The summed E-state index contributed by atoms with van der Waals surface area (Å²) in [6.45, 7) is 1.91. The van der Waals surface area contributed by atoms with E-state index in [1.807, 2.05) is 0 Å². The Bertz CT molecular complexity index is 374. The average molecular weight is 251 g/mol. The Morgan fingerprint density at radius 3 is 2.69 bits per heavy atom. The molecule has 0 spiro atoms. The van der Waals surface area contributed by atoms with E-state index in [0.717, 1.165) is 6.07 Å². The molecule has 1 aromatic rings. The highest BCUT2D eigenvalue weighted by molar-refractivity contribution is 5.94. The van der Waals surface area contributed by atoms with Crippen LogP contribution in [0, 0.1) is 11.6 Å². The van der Waals surface area contributed by atoms with Crippen LogP contribution in [0.4, 0.5) is 8.78 Å². The van der Waals surface area contributed by atoms with Crippen molar-refractivity contribution in [3.05, 3.63) is 35.4 Å². The van der Waals surface area contributed by atoms with Gasteiger partial charge in [0.2, 0.25) is 0 Å². The van der Waals surface area contributed by atoms with Crippen molar-refractivity contribution in [1.29, 1.82) is 0 Å². The van der Waals surface area contributed by atoms with E-state index in [-0.39, 0.29) is 30.6 Å². The molecule has 0 saturated carbocycles. The van der Waals surface area contributed by atoms with Crippen molar-refractivity contribution in [2.45, 2.75) is 13.0 Å². The Hall–Kier alpha value is -1.20. The lowest BCUT2D eigenvalue weighted by molar-refractivity contribution is 0.0936. The third-order valence-corrected chi connectivity index (χ3v) is 1.93. The van der Waals surface area contributed by atoms with Gasteiger partial charge in [-0.15, -0.1) is 12.4 Å². The van der Waals surface area contributed by atoms with Crippen molar-refractivity contribution < 1.29 is 13.6 Å². The smallest absolute Gasteiger partial charge is 0.254 e. The van der Waals surface area contributed by atoms with E-state index in [2.05, 4.69) is 5.32 Å². The van der Waals surface area contributed by atoms with Gasteiger partial charge in [-0.3, -0.25) is 4.79 Å². The van der Waals surface area contributed by atoms with Gasteiger partial charge in [0.05, 0.1) is 5.56 Å². The summed E-state index contributed by atoms with van der Waals surface area (Å²) in [4.78, 5) is 11.4. The van der Waals surface area contributed by atoms with Crippen molar-refractivity contribution in [1.82, 2.24) is 5.32 Å². The first-order chi connectivity index (χ1) is 7.06. The SMILES string of the molecule is C[C@H](CN)NC(=O)c1cccc(F)c1F.Cl. The fourth-order valence-corrected chi connectivity index (χ4v) is 1.04. The van der Waals surface area contributed by atoms with Crippen molar-refractivity contribution >= 4 is 18.3 Å². The van der Waals surface area contributed by atoms with E-state index in [1.54, 1.807) is 6.92 Å². The monoisotopic (exact) mass is 250 g/mol. The summed E-state index contributed by atoms with van der Waals surface area (Å²) in [6.07, 6.45) is 0. The minimum atomic E-state index is -1.14. The van der Waals surface area contributed by atoms with Crippen LogP contribution in [0.5, 0.6) is 0 Å². The topological polar surface area (TPSA) is 55.1 Å². The van der Waals surface area contributed by atoms with Gasteiger partial charge in [0.25, 0.3) is 5.91 Å². The largest absolute Gasteiger partial charge is 0.348 e. The zero-order valence-electron chi connectivity index (χ0n) is 8.67. The van der Waals surface area contributed by atoms with Gasteiger partial charge in [-0.25, -0.2) is 8.78 Å². The zero-order valence-corrected chi connectivity index (χ0v) is 9.48. The number of hydrogen-bond acceptors (Lipinski definition) is 2. The second-order valence-electron chi connectivity index (χ2n) is 3.21. The Morgan fingerprint density at radius 1 is 1.50 bits per heavy atom. The van der Waals surface area contributed by atoms with Crippen LogP contribution in [0.25, 0.3) is 0 Å². The number of hydrogen-bond donors (Lipinski definition) is 2. The Kier molecular flexibility index (Phi) is 5.92. The van der Waals surface area contributed by atoms with Crippen LogP contribution < -0.4 is 11.1 Å². The first kappa shape index (κ1) is 14.8. The molecule has 3 N–H and O–H groups in total. The van der Waals surface area contributed by atoms with Gasteiger partial charge < -0.3 is 11.1 Å². The Balaban J connectivity index is 0.00000225. The van der Waals surface area contributed by atoms with Crippen LogP contribution in [0.1, 0.15) is 17.3 Å². The molecule has 1 rings (SSSR count). The van der Waals surface area contributed by atoms with E-state index in [4.69, 9.17) is 5.73 Å². The minimum absolute atomic E-state index is 0. The summed E-state index contributed by atoms with van der Waals surface area (Å²) in [6, 6.07) is 3.18. The summed E-state index contributed by atoms with van der Waals surface area (Å²) >= 11 is 0. The maximum atomic E-state index is 13.1. The molecule has 90 valence electrons. The highest BCUT2D eigenvalue weighted by Gasteiger charge is 2.15. The summed E-state index contributed by atoms with van der Waals surface area (Å²) in [5.41, 5.74) is 4.97. The molecule has 0 aliphatic heterocycles. The summed E-state index contributed by atoms with van der Waals surface area (Å²) in [7, 11) is 0. The van der Waals surface area contributed by atoms with E-state index >= 15 is 0 Å². The van der Waals surface area contributed by atoms with Gasteiger partial charge in [-0.05, 0) is 19.1 Å². The number of carbonyl (C=O) groups excluding carboxylic acids is 1. The van der Waals surface area contributed by atoms with Crippen molar-refractivity contribution in [3.8, 4) is 0 Å². The second kappa shape index (κ2) is 6.40. The molecular weight excluding hydrogens is 238 g/mol. The number of halogens is 3. The Labute approximate surface area is 98.4 Å². The van der Waals surface area contributed by atoms with Gasteiger partial charge >= 0.3 is 0 Å². The molecule has 6 heteroatoms. The number of carbonyl (C=O) groups is 1. The predicted octanol–water partition coefficient (Wildman–Crippen LogP) is 1.46. The standard InChI is InChI=1S/C10H12F2N2O.ClH/c1-6(5-13)14-10(15)7-3-2-4-8(11)9(7)12;/h2-4,6H,5,13H2,1H3,(H,14,15);1H/t6-;/m1./s1. The van der Waals surface area contributed by atoms with Crippen LogP contribution >= 0.6 is 12.4 Å². The molecule has 1 amide bonds. The van der Waals surface area contributed by atoms with Gasteiger partial charge in [-0.1, -0.05) is 6.07 Å². The molecule has 0 aliphatic rings. The number of nitrogens with two attached hydrogens (primary N) is 1. The summed E-state index contributed by atoms with van der Waals surface area (Å²) in [5, 5.41) is 2.44. The lowest BCUT2D eigenvalue weighted by Crippen LogP contribution is -2.38. The Morgan fingerprint density at radius 2 is 2.12 bits per heavy atom. The molecule has 1 aromatic carbocycles. The highest BCUT2D eigenvalue weighted by Crippen LogP contribution is 2.11. The molecule has 0 radical (unpaired) electrons. The number of rotatable bonds is 3. The highest BCUT2D eigenvalue weighted by atomic mass is 35.5. The number of benzene rings is 1. The third-order valence-electron chi connectivity index (χ3n) is 1.93. The van der Waals surface area contributed by atoms with E-state index in [9.17, 15) is 13.6 Å². The molecule has 0 heterocycles. The summed E-state index contributed by atoms with van der Waals surface area (Å²) in [5.74, 6) is -2.84. The fraction of sp³-hybridized carbons (Fsp3) is 0.300. The second-order valence-corrected chi connectivity index (χ2v) is 3.21. The van der Waals surface area contributed by atoms with Crippen molar-refractivity contribution in [3.63, 3.8) is 0 Å². The van der Waals surface area contributed by atoms with E-state index in [1.165, 1.54) is 12.1 Å². The molecular formula is C10H13ClF2N2O. The lowest BCUT2D eigenvalue weighted by atomic mass is 10.2. The van der Waals surface area contributed by atoms with Crippen LogP contribution in [-0.2, 0) is 0 Å².